The summed E-state index contributed by atoms with van der Waals surface area (Å²) in [4.78, 5) is 0. The first-order chi connectivity index (χ1) is 8.08. The minimum Gasteiger partial charge on any atom is -0.474 e. The van der Waals surface area contributed by atoms with Crippen LogP contribution < -0.4 is 10.1 Å². The Morgan fingerprint density at radius 3 is 2.71 bits per heavy atom. The van der Waals surface area contributed by atoms with Crippen molar-refractivity contribution in [1.82, 2.24) is 5.32 Å². The number of nitrogens with one attached hydrogen (secondary N) is 1. The highest BCUT2D eigenvalue weighted by molar-refractivity contribution is 6.32. The molecule has 0 aromatic heterocycles. The molecule has 1 rings (SSSR count). The number of halogens is 1. The van der Waals surface area contributed by atoms with Crippen molar-refractivity contribution in [3.8, 4) is 11.8 Å². The van der Waals surface area contributed by atoms with Gasteiger partial charge in [-0.05, 0) is 38.1 Å². The van der Waals surface area contributed by atoms with Gasteiger partial charge in [-0.25, -0.2) is 0 Å². The van der Waals surface area contributed by atoms with Crippen LogP contribution in [-0.2, 0) is 0 Å². The van der Waals surface area contributed by atoms with E-state index in [1.54, 1.807) is 13.0 Å². The largest absolute Gasteiger partial charge is 0.474 e. The molecule has 0 heterocycles. The summed E-state index contributed by atoms with van der Waals surface area (Å²) in [6, 6.07) is 7.89. The van der Waals surface area contributed by atoms with Crippen molar-refractivity contribution >= 4 is 11.6 Å². The van der Waals surface area contributed by atoms with Crippen molar-refractivity contribution in [3.63, 3.8) is 0 Å². The van der Waals surface area contributed by atoms with E-state index < -0.39 is 6.10 Å². The molecule has 0 amide bonds. The average Bonchev–Trinajstić information content (AvgIpc) is 2.31. The number of hydrogen-bond donors (Lipinski definition) is 1. The maximum Gasteiger partial charge on any atom is 0.181 e. The standard InChI is InChI=1S/C13H17ClN2O/c1-4-16-10(3)11-5-6-13(12(14)7-11)17-9(2)8-15/h5-7,9-10,16H,4H2,1-3H3. The molecule has 0 saturated carbocycles. The summed E-state index contributed by atoms with van der Waals surface area (Å²) in [5.41, 5.74) is 1.11. The van der Waals surface area contributed by atoms with Crippen molar-refractivity contribution in [2.45, 2.75) is 32.9 Å². The maximum absolute atomic E-state index is 8.67. The molecular weight excluding hydrogens is 236 g/mol. The molecule has 0 spiro atoms. The number of nitrogens with zero attached hydrogens (tertiary/aromatic N) is 1. The Hall–Kier alpha value is -1.24. The first kappa shape index (κ1) is 13.8. The lowest BCUT2D eigenvalue weighted by Gasteiger charge is -2.15. The highest BCUT2D eigenvalue weighted by Crippen LogP contribution is 2.28. The monoisotopic (exact) mass is 252 g/mol. The van der Waals surface area contributed by atoms with Crippen LogP contribution in [0.4, 0.5) is 0 Å². The lowest BCUT2D eigenvalue weighted by Crippen LogP contribution is -2.17. The summed E-state index contributed by atoms with van der Waals surface area (Å²) in [7, 11) is 0. The Morgan fingerprint density at radius 1 is 1.47 bits per heavy atom. The smallest absolute Gasteiger partial charge is 0.181 e. The van der Waals surface area contributed by atoms with Gasteiger partial charge in [0.1, 0.15) is 11.8 Å². The lowest BCUT2D eigenvalue weighted by molar-refractivity contribution is 0.276. The van der Waals surface area contributed by atoms with Crippen molar-refractivity contribution < 1.29 is 4.74 Å². The predicted molar refractivity (Wildman–Crippen MR) is 69.2 cm³/mol. The third kappa shape index (κ3) is 3.92. The summed E-state index contributed by atoms with van der Waals surface area (Å²) >= 11 is 6.11. The van der Waals surface area contributed by atoms with Gasteiger partial charge in [0, 0.05) is 6.04 Å². The van der Waals surface area contributed by atoms with Crippen molar-refractivity contribution in [2.75, 3.05) is 6.54 Å². The molecule has 1 N–H and O–H groups in total. The van der Waals surface area contributed by atoms with Gasteiger partial charge in [-0.15, -0.1) is 0 Å². The molecule has 0 saturated heterocycles. The zero-order chi connectivity index (χ0) is 12.8. The normalized spacial score (nSPS) is 13.8. The van der Waals surface area contributed by atoms with Gasteiger partial charge in [0.2, 0.25) is 0 Å². The number of rotatable bonds is 5. The molecule has 3 nitrogen and oxygen atoms in total. The molecule has 0 aliphatic carbocycles. The minimum absolute atomic E-state index is 0.250. The molecule has 0 radical (unpaired) electrons. The summed E-state index contributed by atoms with van der Waals surface area (Å²) in [6.07, 6.45) is -0.496. The van der Waals surface area contributed by atoms with E-state index in [4.69, 9.17) is 21.6 Å². The zero-order valence-electron chi connectivity index (χ0n) is 10.3. The van der Waals surface area contributed by atoms with Crippen molar-refractivity contribution in [2.24, 2.45) is 0 Å². The van der Waals surface area contributed by atoms with Crippen LogP contribution in [0.1, 0.15) is 32.4 Å². The van der Waals surface area contributed by atoms with E-state index in [9.17, 15) is 0 Å². The third-order valence-electron chi connectivity index (χ3n) is 2.45. The first-order valence-electron chi connectivity index (χ1n) is 5.67. The number of nitriles is 1. The van der Waals surface area contributed by atoms with Gasteiger partial charge in [-0.3, -0.25) is 0 Å². The van der Waals surface area contributed by atoms with Gasteiger partial charge in [0.15, 0.2) is 6.10 Å². The fraction of sp³-hybridized carbons (Fsp3) is 0.462. The fourth-order valence-corrected chi connectivity index (χ4v) is 1.76. The van der Waals surface area contributed by atoms with Gasteiger partial charge in [0.05, 0.1) is 5.02 Å². The van der Waals surface area contributed by atoms with Crippen molar-refractivity contribution in [1.29, 1.82) is 5.26 Å². The first-order valence-corrected chi connectivity index (χ1v) is 6.05. The van der Waals surface area contributed by atoms with Crippen molar-refractivity contribution in [3.05, 3.63) is 28.8 Å². The van der Waals surface area contributed by atoms with Crippen LogP contribution >= 0.6 is 11.6 Å². The summed E-state index contributed by atoms with van der Waals surface area (Å²) in [5.74, 6) is 0.549. The molecule has 1 aromatic carbocycles. The quantitative estimate of drug-likeness (QED) is 0.875. The molecule has 0 aliphatic heterocycles. The Balaban J connectivity index is 2.83. The third-order valence-corrected chi connectivity index (χ3v) is 2.75. The number of hydrogen-bond acceptors (Lipinski definition) is 3. The average molecular weight is 253 g/mol. The van der Waals surface area contributed by atoms with Crippen LogP contribution in [0.5, 0.6) is 5.75 Å². The Kier molecular flexibility index (Phi) is 5.27. The molecule has 0 bridgehead atoms. The Bertz CT molecular complexity index is 414. The number of benzene rings is 1. The summed E-state index contributed by atoms with van der Waals surface area (Å²) in [5, 5.41) is 12.5. The summed E-state index contributed by atoms with van der Waals surface area (Å²) < 4.78 is 5.38. The maximum atomic E-state index is 8.67. The molecular formula is C13H17ClN2O. The van der Waals surface area contributed by atoms with Gasteiger partial charge in [0.25, 0.3) is 0 Å². The molecule has 2 atom stereocenters. The van der Waals surface area contributed by atoms with E-state index in [2.05, 4.69) is 19.2 Å². The van der Waals surface area contributed by atoms with Gasteiger partial charge >= 0.3 is 0 Å². The molecule has 2 unspecified atom stereocenters. The van der Waals surface area contributed by atoms with Crippen LogP contribution in [0.3, 0.4) is 0 Å². The summed E-state index contributed by atoms with van der Waals surface area (Å²) in [6.45, 7) is 6.73. The minimum atomic E-state index is -0.496. The molecule has 4 heteroatoms. The van der Waals surface area contributed by atoms with Gasteiger partial charge < -0.3 is 10.1 Å². The SMILES string of the molecule is CCNC(C)c1ccc(OC(C)C#N)c(Cl)c1. The van der Waals surface area contributed by atoms with E-state index in [-0.39, 0.29) is 6.04 Å². The highest BCUT2D eigenvalue weighted by Gasteiger charge is 2.10. The van der Waals surface area contributed by atoms with Gasteiger partial charge in [-0.1, -0.05) is 24.6 Å². The lowest BCUT2D eigenvalue weighted by atomic mass is 10.1. The van der Waals surface area contributed by atoms with Crippen LogP contribution in [0.15, 0.2) is 18.2 Å². The highest BCUT2D eigenvalue weighted by atomic mass is 35.5. The topological polar surface area (TPSA) is 45.0 Å². The predicted octanol–water partition coefficient (Wildman–Crippen LogP) is 3.30. The van der Waals surface area contributed by atoms with Gasteiger partial charge in [-0.2, -0.15) is 5.26 Å². The second-order valence-corrected chi connectivity index (χ2v) is 4.27. The number of ether oxygens (including phenoxy) is 1. The fourth-order valence-electron chi connectivity index (χ4n) is 1.52. The van der Waals surface area contributed by atoms with Crippen LogP contribution in [-0.4, -0.2) is 12.6 Å². The Morgan fingerprint density at radius 2 is 2.18 bits per heavy atom. The van der Waals surface area contributed by atoms with Crippen LogP contribution in [0, 0.1) is 11.3 Å². The van der Waals surface area contributed by atoms with E-state index in [1.807, 2.05) is 18.2 Å². The van der Waals surface area contributed by atoms with E-state index in [0.29, 0.717) is 10.8 Å². The van der Waals surface area contributed by atoms with Crippen LogP contribution in [0.25, 0.3) is 0 Å². The molecule has 0 fully saturated rings. The van der Waals surface area contributed by atoms with Crippen LogP contribution in [0.2, 0.25) is 5.02 Å². The molecule has 1 aromatic rings. The molecule has 0 aliphatic rings. The van der Waals surface area contributed by atoms with E-state index in [0.717, 1.165) is 12.1 Å². The van der Waals surface area contributed by atoms with E-state index >= 15 is 0 Å². The molecule has 17 heavy (non-hydrogen) atoms. The molecule has 92 valence electrons. The second kappa shape index (κ2) is 6.48. The second-order valence-electron chi connectivity index (χ2n) is 3.86. The van der Waals surface area contributed by atoms with E-state index in [1.165, 1.54) is 0 Å². The zero-order valence-corrected chi connectivity index (χ0v) is 11.1. The Labute approximate surface area is 107 Å².